The molecular formula is C19H18ClN3O7. The number of hydrogen-bond donors (Lipinski definition) is 1. The van der Waals surface area contributed by atoms with E-state index in [-0.39, 0.29) is 52.3 Å². The van der Waals surface area contributed by atoms with Gasteiger partial charge in [0.1, 0.15) is 28.8 Å². The predicted molar refractivity (Wildman–Crippen MR) is 104 cm³/mol. The lowest BCUT2D eigenvalue weighted by Gasteiger charge is -2.28. The lowest BCUT2D eigenvalue weighted by molar-refractivity contribution is -0.384. The van der Waals surface area contributed by atoms with Gasteiger partial charge in [-0.2, -0.15) is 5.26 Å². The van der Waals surface area contributed by atoms with Crippen LogP contribution in [0.5, 0.6) is 0 Å². The van der Waals surface area contributed by atoms with Gasteiger partial charge in [0.15, 0.2) is 0 Å². The summed E-state index contributed by atoms with van der Waals surface area (Å²) in [6, 6.07) is 5.62. The van der Waals surface area contributed by atoms with Crippen LogP contribution in [0.3, 0.4) is 0 Å². The summed E-state index contributed by atoms with van der Waals surface area (Å²) >= 11 is 6.01. The summed E-state index contributed by atoms with van der Waals surface area (Å²) in [5, 5.41) is 20.5. The van der Waals surface area contributed by atoms with Crippen LogP contribution in [0.2, 0.25) is 5.02 Å². The van der Waals surface area contributed by atoms with Crippen LogP contribution in [0, 0.1) is 21.4 Å². The minimum Gasteiger partial charge on any atom is -0.466 e. The Kier molecular flexibility index (Phi) is 7.38. The van der Waals surface area contributed by atoms with Gasteiger partial charge in [0.25, 0.3) is 5.69 Å². The summed E-state index contributed by atoms with van der Waals surface area (Å²) in [6.45, 7) is 3.32. The average molecular weight is 436 g/mol. The second-order valence-electron chi connectivity index (χ2n) is 5.93. The zero-order valence-electron chi connectivity index (χ0n) is 16.1. The molecule has 0 aromatic heterocycles. The first-order valence-corrected chi connectivity index (χ1v) is 9.20. The van der Waals surface area contributed by atoms with Crippen LogP contribution in [0.1, 0.15) is 31.7 Å². The van der Waals surface area contributed by atoms with E-state index >= 15 is 0 Å². The van der Waals surface area contributed by atoms with Crippen molar-refractivity contribution in [2.45, 2.75) is 26.2 Å². The van der Waals surface area contributed by atoms with Crippen molar-refractivity contribution in [3.05, 3.63) is 61.7 Å². The lowest BCUT2D eigenvalue weighted by atomic mass is 9.82. The first-order chi connectivity index (χ1) is 14.2. The smallest absolute Gasteiger partial charge is 0.338 e. The number of nitrogens with two attached hydrogens (primary N) is 1. The van der Waals surface area contributed by atoms with Crippen molar-refractivity contribution in [1.82, 2.24) is 0 Å². The van der Waals surface area contributed by atoms with E-state index in [0.29, 0.717) is 0 Å². The highest BCUT2D eigenvalue weighted by atomic mass is 35.5. The van der Waals surface area contributed by atoms with Gasteiger partial charge < -0.3 is 19.9 Å². The van der Waals surface area contributed by atoms with E-state index < -0.39 is 29.2 Å². The maximum atomic E-state index is 12.7. The van der Waals surface area contributed by atoms with E-state index in [1.165, 1.54) is 12.1 Å². The molecule has 0 aliphatic carbocycles. The largest absolute Gasteiger partial charge is 0.466 e. The molecule has 0 saturated carbocycles. The molecule has 158 valence electrons. The van der Waals surface area contributed by atoms with Crippen molar-refractivity contribution in [2.75, 3.05) is 13.2 Å². The summed E-state index contributed by atoms with van der Waals surface area (Å²) in [5.74, 6) is -3.07. The number of halogens is 1. The van der Waals surface area contributed by atoms with E-state index in [0.717, 1.165) is 6.07 Å². The van der Waals surface area contributed by atoms with Crippen molar-refractivity contribution in [2.24, 2.45) is 5.73 Å². The molecule has 2 rings (SSSR count). The van der Waals surface area contributed by atoms with Crippen LogP contribution < -0.4 is 5.73 Å². The number of carbonyl (C=O) groups is 2. The molecule has 1 unspecified atom stereocenters. The molecule has 0 saturated heterocycles. The number of esters is 2. The number of nitriles is 1. The third-order valence-corrected chi connectivity index (χ3v) is 4.41. The molecule has 0 fully saturated rings. The Morgan fingerprint density at radius 3 is 2.53 bits per heavy atom. The quantitative estimate of drug-likeness (QED) is 0.386. The first kappa shape index (κ1) is 22.7. The number of nitro groups is 1. The Morgan fingerprint density at radius 2 is 2.00 bits per heavy atom. The molecule has 11 heteroatoms. The molecule has 0 amide bonds. The van der Waals surface area contributed by atoms with Crippen molar-refractivity contribution in [1.29, 1.82) is 5.26 Å². The van der Waals surface area contributed by atoms with E-state index in [4.69, 9.17) is 31.5 Å². The summed E-state index contributed by atoms with van der Waals surface area (Å²) in [5.41, 5.74) is 5.51. The first-order valence-electron chi connectivity index (χ1n) is 8.82. The monoisotopic (exact) mass is 435 g/mol. The maximum Gasteiger partial charge on any atom is 0.338 e. The van der Waals surface area contributed by atoms with E-state index in [2.05, 4.69) is 0 Å². The Bertz CT molecular complexity index is 994. The molecule has 10 nitrogen and oxygen atoms in total. The minimum absolute atomic E-state index is 0.0177. The summed E-state index contributed by atoms with van der Waals surface area (Å²) < 4.78 is 15.4. The zero-order chi connectivity index (χ0) is 22.4. The highest BCUT2D eigenvalue weighted by molar-refractivity contribution is 6.32. The zero-order valence-corrected chi connectivity index (χ0v) is 16.9. The number of benzene rings is 1. The lowest BCUT2D eigenvalue weighted by Crippen LogP contribution is -2.27. The molecule has 30 heavy (non-hydrogen) atoms. The van der Waals surface area contributed by atoms with E-state index in [9.17, 15) is 25.0 Å². The summed E-state index contributed by atoms with van der Waals surface area (Å²) in [4.78, 5) is 35.1. The fourth-order valence-corrected chi connectivity index (χ4v) is 3.17. The van der Waals surface area contributed by atoms with Gasteiger partial charge >= 0.3 is 11.9 Å². The molecule has 0 bridgehead atoms. The molecule has 1 aromatic rings. The summed E-state index contributed by atoms with van der Waals surface area (Å²) in [6.07, 6.45) is -0.432. The maximum absolute atomic E-state index is 12.7. The Morgan fingerprint density at radius 1 is 1.33 bits per heavy atom. The second-order valence-corrected chi connectivity index (χ2v) is 6.34. The molecular weight excluding hydrogens is 418 g/mol. The van der Waals surface area contributed by atoms with Gasteiger partial charge in [-0.3, -0.25) is 14.9 Å². The normalized spacial score (nSPS) is 15.9. The third kappa shape index (κ3) is 4.69. The van der Waals surface area contributed by atoms with Crippen molar-refractivity contribution in [3.8, 4) is 6.07 Å². The summed E-state index contributed by atoms with van der Waals surface area (Å²) in [7, 11) is 0. The highest BCUT2D eigenvalue weighted by Gasteiger charge is 2.39. The Labute approximate surface area is 176 Å². The number of carbonyl (C=O) groups excluding carboxylic acids is 2. The number of nitro benzene ring substituents is 1. The Balaban J connectivity index is 2.69. The van der Waals surface area contributed by atoms with Crippen molar-refractivity contribution in [3.63, 3.8) is 0 Å². The number of allylic oxidation sites excluding steroid dienone is 1. The minimum atomic E-state index is -1.11. The van der Waals surface area contributed by atoms with Gasteiger partial charge in [0.05, 0.1) is 29.6 Å². The van der Waals surface area contributed by atoms with Crippen LogP contribution in [-0.2, 0) is 23.8 Å². The molecule has 2 N–H and O–H groups in total. The highest BCUT2D eigenvalue weighted by Crippen LogP contribution is 2.42. The van der Waals surface area contributed by atoms with Crippen LogP contribution in [0.25, 0.3) is 0 Å². The SMILES string of the molecule is CCOC(=O)CC1=C(C(=O)OCC)C(c2ccc([N+](=O)[O-])c(Cl)c2)C(C#N)=C(N)O1. The predicted octanol–water partition coefficient (Wildman–Crippen LogP) is 2.83. The fraction of sp³-hybridized carbons (Fsp3) is 0.316. The van der Waals surface area contributed by atoms with Crippen LogP contribution in [-0.4, -0.2) is 30.1 Å². The van der Waals surface area contributed by atoms with Gasteiger partial charge in [-0.25, -0.2) is 4.79 Å². The molecule has 1 aliphatic heterocycles. The molecule has 1 heterocycles. The van der Waals surface area contributed by atoms with E-state index in [1.807, 2.05) is 6.07 Å². The average Bonchev–Trinajstić information content (AvgIpc) is 2.67. The van der Waals surface area contributed by atoms with Crippen LogP contribution in [0.4, 0.5) is 5.69 Å². The van der Waals surface area contributed by atoms with Gasteiger partial charge in [-0.05, 0) is 25.5 Å². The molecule has 1 aliphatic rings. The van der Waals surface area contributed by atoms with Crippen LogP contribution >= 0.6 is 11.6 Å². The van der Waals surface area contributed by atoms with Gasteiger partial charge in [0, 0.05) is 6.07 Å². The van der Waals surface area contributed by atoms with Gasteiger partial charge in [-0.1, -0.05) is 17.7 Å². The topological polar surface area (TPSA) is 155 Å². The molecule has 1 atom stereocenters. The van der Waals surface area contributed by atoms with Crippen LogP contribution in [0.15, 0.2) is 41.0 Å². The van der Waals surface area contributed by atoms with Gasteiger partial charge in [-0.15, -0.1) is 0 Å². The Hall–Kier alpha value is -3.58. The number of rotatable bonds is 7. The number of hydrogen-bond acceptors (Lipinski definition) is 9. The standard InChI is InChI=1S/C19H18ClN3O7/c1-3-28-15(24)8-14-17(19(25)29-4-2)16(11(9-21)18(22)30-14)10-5-6-13(23(26)27)12(20)7-10/h5-7,16H,3-4,8,22H2,1-2H3. The van der Waals surface area contributed by atoms with Crippen molar-refractivity contribution >= 4 is 29.2 Å². The molecule has 1 aromatic carbocycles. The van der Waals surface area contributed by atoms with Gasteiger partial charge in [0.2, 0.25) is 5.88 Å². The number of ether oxygens (including phenoxy) is 3. The molecule has 0 radical (unpaired) electrons. The molecule has 0 spiro atoms. The van der Waals surface area contributed by atoms with Crippen molar-refractivity contribution < 1.29 is 28.7 Å². The fourth-order valence-electron chi connectivity index (χ4n) is 2.91. The number of nitrogens with zero attached hydrogens (tertiary/aromatic N) is 2. The van der Waals surface area contributed by atoms with E-state index in [1.54, 1.807) is 13.8 Å². The third-order valence-electron chi connectivity index (χ3n) is 4.10. The second kappa shape index (κ2) is 9.76.